The van der Waals surface area contributed by atoms with Gasteiger partial charge in [-0.15, -0.1) is 0 Å². The van der Waals surface area contributed by atoms with Crippen LogP contribution in [0.4, 0.5) is 0 Å². The van der Waals surface area contributed by atoms with Gasteiger partial charge in [0.25, 0.3) is 5.91 Å². The number of aryl methyl sites for hydroxylation is 1. The van der Waals surface area contributed by atoms with E-state index in [4.69, 9.17) is 0 Å². The molecule has 1 amide bonds. The SMILES string of the molecule is Cc1ccc(CSc2[nH+]nc(SCC(=O)N/N=C/c3cc(Br)ccc3[O-])s2)cc1. The maximum absolute atomic E-state index is 11.9. The summed E-state index contributed by atoms with van der Waals surface area (Å²) in [6.07, 6.45) is 1.34. The van der Waals surface area contributed by atoms with E-state index in [2.05, 4.69) is 67.8 Å². The Morgan fingerprint density at radius 2 is 2.10 bits per heavy atom. The molecule has 3 rings (SSSR count). The number of halogens is 1. The van der Waals surface area contributed by atoms with Crippen LogP contribution in [0.25, 0.3) is 0 Å². The molecule has 0 aliphatic rings. The van der Waals surface area contributed by atoms with Gasteiger partial charge in [0.2, 0.25) is 4.34 Å². The quantitative estimate of drug-likeness (QED) is 0.285. The fourth-order valence-corrected chi connectivity index (χ4v) is 5.35. The highest BCUT2D eigenvalue weighted by Crippen LogP contribution is 2.28. The Morgan fingerprint density at radius 3 is 2.90 bits per heavy atom. The first-order valence-corrected chi connectivity index (χ1v) is 12.1. The van der Waals surface area contributed by atoms with Crippen LogP contribution in [-0.2, 0) is 10.5 Å². The monoisotopic (exact) mass is 508 g/mol. The molecule has 29 heavy (non-hydrogen) atoms. The number of carbonyl (C=O) groups excluding carboxylic acids is 1. The molecular weight excluding hydrogens is 492 g/mol. The zero-order chi connectivity index (χ0) is 20.6. The highest BCUT2D eigenvalue weighted by atomic mass is 79.9. The summed E-state index contributed by atoms with van der Waals surface area (Å²) >= 11 is 7.82. The number of benzene rings is 2. The normalized spacial score (nSPS) is 11.1. The number of thioether (sulfide) groups is 2. The largest absolute Gasteiger partial charge is 0.872 e. The van der Waals surface area contributed by atoms with Crippen molar-refractivity contribution in [3.05, 3.63) is 63.6 Å². The van der Waals surface area contributed by atoms with Crippen molar-refractivity contribution in [2.45, 2.75) is 21.4 Å². The van der Waals surface area contributed by atoms with E-state index in [0.29, 0.717) is 5.56 Å². The van der Waals surface area contributed by atoms with Gasteiger partial charge in [-0.1, -0.05) is 74.4 Å². The highest BCUT2D eigenvalue weighted by molar-refractivity contribution is 9.10. The average Bonchev–Trinajstić information content (AvgIpc) is 3.16. The minimum atomic E-state index is -0.266. The van der Waals surface area contributed by atoms with Crippen molar-refractivity contribution < 1.29 is 15.0 Å². The van der Waals surface area contributed by atoms with E-state index >= 15 is 0 Å². The first kappa shape index (κ1) is 21.8. The molecule has 2 N–H and O–H groups in total. The molecule has 3 aromatic rings. The number of aromatic nitrogens is 2. The summed E-state index contributed by atoms with van der Waals surface area (Å²) in [4.78, 5) is 11.9. The van der Waals surface area contributed by atoms with Crippen LogP contribution in [0.3, 0.4) is 0 Å². The van der Waals surface area contributed by atoms with Gasteiger partial charge < -0.3 is 5.11 Å². The third kappa shape index (κ3) is 7.14. The van der Waals surface area contributed by atoms with E-state index < -0.39 is 0 Å². The number of amides is 1. The lowest BCUT2D eigenvalue weighted by Crippen LogP contribution is -2.19. The molecule has 0 saturated carbocycles. The van der Waals surface area contributed by atoms with Gasteiger partial charge >= 0.3 is 4.34 Å². The van der Waals surface area contributed by atoms with Gasteiger partial charge in [-0.25, -0.2) is 5.43 Å². The average molecular weight is 509 g/mol. The van der Waals surface area contributed by atoms with Crippen molar-refractivity contribution >= 4 is 62.9 Å². The van der Waals surface area contributed by atoms with Crippen LogP contribution in [0.1, 0.15) is 16.7 Å². The summed E-state index contributed by atoms with van der Waals surface area (Å²) in [5.74, 6) is 0.617. The summed E-state index contributed by atoms with van der Waals surface area (Å²) in [6.45, 7) is 2.07. The lowest BCUT2D eigenvalue weighted by Gasteiger charge is -2.09. The standard InChI is InChI=1S/C19H17BrN4O2S3/c1-12-2-4-13(5-3-12)10-27-18-23-24-19(29-18)28-11-17(26)22-21-9-14-8-15(20)6-7-16(14)25/h2-9,25H,10-11H2,1H3,(H,22,26)/b21-9+. The summed E-state index contributed by atoms with van der Waals surface area (Å²) < 4.78 is 2.55. The molecule has 1 heterocycles. The number of nitrogens with zero attached hydrogens (tertiary/aromatic N) is 2. The second kappa shape index (κ2) is 10.8. The Balaban J connectivity index is 1.43. The lowest BCUT2D eigenvalue weighted by atomic mass is 10.2. The molecule has 0 radical (unpaired) electrons. The zero-order valence-electron chi connectivity index (χ0n) is 15.3. The van der Waals surface area contributed by atoms with Gasteiger partial charge in [0, 0.05) is 15.3 Å². The Labute approximate surface area is 189 Å². The maximum atomic E-state index is 11.9. The second-order valence-corrected chi connectivity index (χ2v) is 10.3. The highest BCUT2D eigenvalue weighted by Gasteiger charge is 2.13. The summed E-state index contributed by atoms with van der Waals surface area (Å²) in [5.41, 5.74) is 5.32. The van der Waals surface area contributed by atoms with Crippen LogP contribution < -0.4 is 15.6 Å². The smallest absolute Gasteiger partial charge is 0.323 e. The molecule has 1 aromatic heterocycles. The van der Waals surface area contributed by atoms with Crippen LogP contribution >= 0.6 is 50.8 Å². The molecule has 0 aliphatic carbocycles. The van der Waals surface area contributed by atoms with E-state index in [9.17, 15) is 9.90 Å². The van der Waals surface area contributed by atoms with Crippen molar-refractivity contribution in [3.63, 3.8) is 0 Å². The van der Waals surface area contributed by atoms with Gasteiger partial charge in [-0.05, 0) is 53.3 Å². The first-order chi connectivity index (χ1) is 14.0. The Bertz CT molecular complexity index is 1010. The van der Waals surface area contributed by atoms with Crippen molar-refractivity contribution in [2.75, 3.05) is 5.75 Å². The van der Waals surface area contributed by atoms with Crippen molar-refractivity contribution in [1.29, 1.82) is 0 Å². The minimum Gasteiger partial charge on any atom is -0.872 e. The third-order valence-electron chi connectivity index (χ3n) is 3.60. The van der Waals surface area contributed by atoms with Crippen LogP contribution in [0.5, 0.6) is 5.75 Å². The van der Waals surface area contributed by atoms with Crippen LogP contribution in [0.15, 0.2) is 60.7 Å². The number of nitrogens with one attached hydrogen (secondary N) is 2. The fourth-order valence-electron chi connectivity index (χ4n) is 2.13. The predicted molar refractivity (Wildman–Crippen MR) is 119 cm³/mol. The number of H-pyrrole nitrogens is 1. The van der Waals surface area contributed by atoms with Crippen LogP contribution in [0, 0.1) is 6.92 Å². The van der Waals surface area contributed by atoms with E-state index in [1.807, 2.05) is 0 Å². The summed E-state index contributed by atoms with van der Waals surface area (Å²) in [7, 11) is 0. The maximum Gasteiger partial charge on any atom is 0.323 e. The van der Waals surface area contributed by atoms with Crippen molar-refractivity contribution in [3.8, 4) is 5.75 Å². The number of aromatic amines is 1. The molecule has 150 valence electrons. The number of rotatable bonds is 8. The van der Waals surface area contributed by atoms with Gasteiger partial charge in [-0.2, -0.15) is 5.10 Å². The number of hydrazone groups is 1. The molecule has 0 atom stereocenters. The van der Waals surface area contributed by atoms with Crippen LogP contribution in [0.2, 0.25) is 0 Å². The zero-order valence-corrected chi connectivity index (χ0v) is 19.4. The van der Waals surface area contributed by atoms with Gasteiger partial charge in [0.15, 0.2) is 0 Å². The molecule has 6 nitrogen and oxygen atoms in total. The molecule has 0 spiro atoms. The van der Waals surface area contributed by atoms with Crippen molar-refractivity contribution in [2.24, 2.45) is 5.10 Å². The molecular formula is C19H17BrN4O2S3. The van der Waals surface area contributed by atoms with Crippen molar-refractivity contribution in [1.82, 2.24) is 10.5 Å². The molecule has 2 aromatic carbocycles. The Hall–Kier alpha value is -1.88. The van der Waals surface area contributed by atoms with Gasteiger partial charge in [0.05, 0.1) is 12.0 Å². The summed E-state index contributed by atoms with van der Waals surface area (Å²) in [5, 5.41) is 22.8. The number of hydrogen-bond donors (Lipinski definition) is 1. The summed E-state index contributed by atoms with van der Waals surface area (Å²) in [6, 6.07) is 13.2. The second-order valence-electron chi connectivity index (χ2n) is 5.92. The number of hydrogen-bond acceptors (Lipinski definition) is 7. The molecule has 0 saturated heterocycles. The van der Waals surface area contributed by atoms with E-state index in [1.165, 1.54) is 46.5 Å². The van der Waals surface area contributed by atoms with Crippen LogP contribution in [-0.4, -0.2) is 23.0 Å². The Morgan fingerprint density at radius 1 is 1.31 bits per heavy atom. The number of carbonyl (C=O) groups is 1. The third-order valence-corrected chi connectivity index (χ3v) is 7.42. The van der Waals surface area contributed by atoms with E-state index in [1.54, 1.807) is 23.9 Å². The molecule has 0 fully saturated rings. The molecule has 10 heteroatoms. The fraction of sp³-hybridized carbons (Fsp3) is 0.158. The molecule has 0 aliphatic heterocycles. The molecule has 0 unspecified atom stereocenters. The first-order valence-electron chi connectivity index (χ1n) is 8.48. The van der Waals surface area contributed by atoms with Gasteiger partial charge in [0.1, 0.15) is 0 Å². The Kier molecular flexibility index (Phi) is 8.10. The minimum absolute atomic E-state index is 0.158. The lowest BCUT2D eigenvalue weighted by molar-refractivity contribution is -0.492. The van der Waals surface area contributed by atoms with E-state index in [0.717, 1.165) is 18.9 Å². The topological polar surface area (TPSA) is 91.6 Å². The molecule has 0 bridgehead atoms. The van der Waals surface area contributed by atoms with Gasteiger partial charge in [-0.3, -0.25) is 4.79 Å². The predicted octanol–water partition coefficient (Wildman–Crippen LogP) is 3.64. The van der Waals surface area contributed by atoms with E-state index in [-0.39, 0.29) is 17.4 Å².